The smallest absolute Gasteiger partial charge is 0.324 e. The molecule has 0 bridgehead atoms. The third-order valence-electron chi connectivity index (χ3n) is 2.75. The van der Waals surface area contributed by atoms with Crippen molar-refractivity contribution in [2.45, 2.75) is 6.54 Å². The highest BCUT2D eigenvalue weighted by Crippen LogP contribution is 2.03. The molecule has 0 aliphatic carbocycles. The van der Waals surface area contributed by atoms with E-state index in [1.165, 1.54) is 4.40 Å². The van der Waals surface area contributed by atoms with Crippen LogP contribution in [0.4, 0.5) is 5.69 Å². The van der Waals surface area contributed by atoms with Gasteiger partial charge in [-0.1, -0.05) is 6.07 Å². The largest absolute Gasteiger partial charge is 0.350 e. The number of carbonyl (C=O) groups is 1. The molecule has 3 rings (SSSR count). The third-order valence-corrected chi connectivity index (χ3v) is 2.75. The predicted octanol–water partition coefficient (Wildman–Crippen LogP) is 0.530. The number of pyridine rings is 2. The van der Waals surface area contributed by atoms with Crippen LogP contribution in [0.1, 0.15) is 0 Å². The van der Waals surface area contributed by atoms with Crippen molar-refractivity contribution < 1.29 is 4.79 Å². The fourth-order valence-electron chi connectivity index (χ4n) is 1.84. The van der Waals surface area contributed by atoms with E-state index < -0.39 is 0 Å². The number of hydrogen-bond donors (Lipinski definition) is 1. The van der Waals surface area contributed by atoms with Crippen LogP contribution in [0.25, 0.3) is 5.65 Å². The summed E-state index contributed by atoms with van der Waals surface area (Å²) in [5.74, 6) is -0.318. The van der Waals surface area contributed by atoms with Gasteiger partial charge in [-0.05, 0) is 24.3 Å². The van der Waals surface area contributed by atoms with Crippen molar-refractivity contribution in [3.05, 3.63) is 59.4 Å². The molecule has 0 aliphatic rings. The maximum Gasteiger partial charge on any atom is 0.350 e. The number of fused-ring (bicyclic) bond motifs is 1. The average molecular weight is 269 g/mol. The van der Waals surface area contributed by atoms with E-state index in [9.17, 15) is 9.59 Å². The normalized spacial score (nSPS) is 10.6. The summed E-state index contributed by atoms with van der Waals surface area (Å²) in [5.41, 5.74) is 0.793. The Morgan fingerprint density at radius 1 is 1.20 bits per heavy atom. The SMILES string of the molecule is O=C(Cn1nc2ccccn2c1=O)Nc1ccncc1. The predicted molar refractivity (Wildman–Crippen MR) is 72.3 cm³/mol. The minimum Gasteiger partial charge on any atom is -0.324 e. The van der Waals surface area contributed by atoms with Gasteiger partial charge in [-0.2, -0.15) is 0 Å². The lowest BCUT2D eigenvalue weighted by Crippen LogP contribution is -2.28. The van der Waals surface area contributed by atoms with Crippen LogP contribution in [-0.2, 0) is 11.3 Å². The third kappa shape index (κ3) is 2.28. The zero-order valence-corrected chi connectivity index (χ0v) is 10.4. The summed E-state index contributed by atoms with van der Waals surface area (Å²) in [6, 6.07) is 8.56. The zero-order chi connectivity index (χ0) is 13.9. The molecule has 7 nitrogen and oxygen atoms in total. The van der Waals surface area contributed by atoms with Gasteiger partial charge in [0.15, 0.2) is 5.65 Å². The first-order valence-corrected chi connectivity index (χ1v) is 5.98. The molecule has 100 valence electrons. The number of nitrogens with one attached hydrogen (secondary N) is 1. The van der Waals surface area contributed by atoms with E-state index in [2.05, 4.69) is 15.4 Å². The van der Waals surface area contributed by atoms with E-state index >= 15 is 0 Å². The van der Waals surface area contributed by atoms with E-state index in [0.29, 0.717) is 11.3 Å². The summed E-state index contributed by atoms with van der Waals surface area (Å²) in [5, 5.41) is 6.76. The number of hydrogen-bond acceptors (Lipinski definition) is 4. The Balaban J connectivity index is 1.81. The first kappa shape index (κ1) is 12.1. The van der Waals surface area contributed by atoms with E-state index in [0.717, 1.165) is 4.68 Å². The second-order valence-corrected chi connectivity index (χ2v) is 4.15. The monoisotopic (exact) mass is 269 g/mol. The van der Waals surface area contributed by atoms with E-state index in [4.69, 9.17) is 0 Å². The van der Waals surface area contributed by atoms with Crippen LogP contribution in [0.2, 0.25) is 0 Å². The molecule has 0 aromatic carbocycles. The van der Waals surface area contributed by atoms with E-state index in [1.807, 2.05) is 0 Å². The number of aromatic nitrogens is 4. The number of rotatable bonds is 3. The summed E-state index contributed by atoms with van der Waals surface area (Å²) >= 11 is 0. The standard InChI is InChI=1S/C13H11N5O2/c19-12(15-10-4-6-14-7-5-10)9-18-13(20)17-8-2-1-3-11(17)16-18/h1-8H,9H2,(H,14,15,19). The van der Waals surface area contributed by atoms with Crippen LogP contribution >= 0.6 is 0 Å². The van der Waals surface area contributed by atoms with Crippen LogP contribution < -0.4 is 11.0 Å². The van der Waals surface area contributed by atoms with E-state index in [-0.39, 0.29) is 18.1 Å². The van der Waals surface area contributed by atoms with Crippen molar-refractivity contribution in [1.82, 2.24) is 19.2 Å². The summed E-state index contributed by atoms with van der Waals surface area (Å²) in [4.78, 5) is 27.7. The van der Waals surface area contributed by atoms with Gasteiger partial charge in [0.1, 0.15) is 6.54 Å². The van der Waals surface area contributed by atoms with Crippen LogP contribution in [0, 0.1) is 0 Å². The minimum absolute atomic E-state index is 0.136. The maximum absolute atomic E-state index is 12.0. The molecule has 1 N–H and O–H groups in total. The molecule has 3 aromatic heterocycles. The molecule has 0 unspecified atom stereocenters. The number of nitrogens with zero attached hydrogens (tertiary/aromatic N) is 4. The minimum atomic E-state index is -0.342. The molecule has 1 amide bonds. The lowest BCUT2D eigenvalue weighted by Gasteiger charge is -2.03. The molecule has 0 atom stereocenters. The van der Waals surface area contributed by atoms with Gasteiger partial charge >= 0.3 is 5.69 Å². The first-order valence-electron chi connectivity index (χ1n) is 5.98. The lowest BCUT2D eigenvalue weighted by atomic mass is 10.4. The van der Waals surface area contributed by atoms with Crippen molar-refractivity contribution in [1.29, 1.82) is 0 Å². The quantitative estimate of drug-likeness (QED) is 0.752. The number of amides is 1. The van der Waals surface area contributed by atoms with Crippen LogP contribution in [0.5, 0.6) is 0 Å². The Morgan fingerprint density at radius 3 is 2.75 bits per heavy atom. The molecule has 3 heterocycles. The molecule has 20 heavy (non-hydrogen) atoms. The highest BCUT2D eigenvalue weighted by molar-refractivity contribution is 5.90. The van der Waals surface area contributed by atoms with Crippen LogP contribution in [0.3, 0.4) is 0 Å². The van der Waals surface area contributed by atoms with Gasteiger partial charge in [0, 0.05) is 24.3 Å². The summed E-state index contributed by atoms with van der Waals surface area (Å²) in [6.45, 7) is -0.136. The van der Waals surface area contributed by atoms with Gasteiger partial charge in [0.05, 0.1) is 0 Å². The van der Waals surface area contributed by atoms with Crippen LogP contribution in [-0.4, -0.2) is 25.1 Å². The molecule has 0 spiro atoms. The highest BCUT2D eigenvalue weighted by Gasteiger charge is 2.10. The zero-order valence-electron chi connectivity index (χ0n) is 10.4. The topological polar surface area (TPSA) is 81.3 Å². The Kier molecular flexibility index (Phi) is 3.00. The molecule has 3 aromatic rings. The summed E-state index contributed by atoms with van der Waals surface area (Å²) < 4.78 is 2.52. The fraction of sp³-hybridized carbons (Fsp3) is 0.0769. The summed E-state index contributed by atoms with van der Waals surface area (Å²) in [7, 11) is 0. The second-order valence-electron chi connectivity index (χ2n) is 4.15. The van der Waals surface area contributed by atoms with Gasteiger partial charge in [-0.25, -0.2) is 9.48 Å². The first-order chi connectivity index (χ1) is 9.74. The number of carbonyl (C=O) groups excluding carboxylic acids is 1. The molecule has 0 aliphatic heterocycles. The fourth-order valence-corrected chi connectivity index (χ4v) is 1.84. The van der Waals surface area contributed by atoms with Crippen molar-refractivity contribution in [2.75, 3.05) is 5.32 Å². The molecule has 0 radical (unpaired) electrons. The van der Waals surface area contributed by atoms with Crippen molar-refractivity contribution in [3.63, 3.8) is 0 Å². The van der Waals surface area contributed by atoms with Gasteiger partial charge in [-0.15, -0.1) is 5.10 Å². The maximum atomic E-state index is 12.0. The van der Waals surface area contributed by atoms with Gasteiger partial charge in [-0.3, -0.25) is 14.2 Å². The molecular formula is C13H11N5O2. The van der Waals surface area contributed by atoms with Crippen LogP contribution in [0.15, 0.2) is 53.7 Å². The molecule has 0 saturated carbocycles. The molecule has 7 heteroatoms. The average Bonchev–Trinajstić information content (AvgIpc) is 2.77. The Hall–Kier alpha value is -2.96. The van der Waals surface area contributed by atoms with E-state index in [1.54, 1.807) is 48.9 Å². The highest BCUT2D eigenvalue weighted by atomic mass is 16.2. The van der Waals surface area contributed by atoms with Crippen molar-refractivity contribution >= 4 is 17.2 Å². The molecule has 0 saturated heterocycles. The molecule has 0 fully saturated rings. The Labute approximate surface area is 113 Å². The van der Waals surface area contributed by atoms with Gasteiger partial charge < -0.3 is 5.32 Å². The summed E-state index contributed by atoms with van der Waals surface area (Å²) in [6.07, 6.45) is 4.77. The van der Waals surface area contributed by atoms with Gasteiger partial charge in [0.2, 0.25) is 5.91 Å². The Bertz CT molecular complexity index is 806. The lowest BCUT2D eigenvalue weighted by molar-refractivity contribution is -0.117. The van der Waals surface area contributed by atoms with Gasteiger partial charge in [0.25, 0.3) is 0 Å². The Morgan fingerprint density at radius 2 is 2.00 bits per heavy atom. The van der Waals surface area contributed by atoms with Crippen molar-refractivity contribution in [3.8, 4) is 0 Å². The second kappa shape index (κ2) is 4.96. The number of anilines is 1. The van der Waals surface area contributed by atoms with Crippen molar-refractivity contribution in [2.24, 2.45) is 0 Å². The molecular weight excluding hydrogens is 258 g/mol.